The summed E-state index contributed by atoms with van der Waals surface area (Å²) in [5.74, 6) is 0.946. The number of carbonyl (C=O) groups excluding carboxylic acids is 1. The highest BCUT2D eigenvalue weighted by Crippen LogP contribution is 2.35. The van der Waals surface area contributed by atoms with Crippen LogP contribution in [0.1, 0.15) is 30.2 Å². The Morgan fingerprint density at radius 1 is 1.52 bits per heavy atom. The van der Waals surface area contributed by atoms with E-state index in [1.807, 2.05) is 20.1 Å². The average molecular weight is 329 g/mol. The van der Waals surface area contributed by atoms with Crippen LogP contribution < -0.4 is 0 Å². The van der Waals surface area contributed by atoms with Gasteiger partial charge in [0.15, 0.2) is 5.76 Å². The molecule has 116 valence electrons. The van der Waals surface area contributed by atoms with Crippen molar-refractivity contribution in [3.8, 4) is 0 Å². The lowest BCUT2D eigenvalue weighted by Gasteiger charge is -2.28. The van der Waals surface area contributed by atoms with Crippen LogP contribution in [-0.2, 0) is 10.5 Å². The summed E-state index contributed by atoms with van der Waals surface area (Å²) in [5, 5.41) is 9.20. The van der Waals surface area contributed by atoms with Crippen LogP contribution in [0.5, 0.6) is 0 Å². The zero-order valence-electron chi connectivity index (χ0n) is 12.2. The van der Waals surface area contributed by atoms with Crippen LogP contribution in [0, 0.1) is 5.92 Å². The van der Waals surface area contributed by atoms with Gasteiger partial charge in [0.05, 0.1) is 11.1 Å². The molecule has 0 aromatic carbocycles. The lowest BCUT2D eigenvalue weighted by molar-refractivity contribution is -0.141. The van der Waals surface area contributed by atoms with Crippen molar-refractivity contribution in [2.45, 2.75) is 31.0 Å². The van der Waals surface area contributed by atoms with Crippen LogP contribution >= 0.6 is 23.5 Å². The van der Waals surface area contributed by atoms with Crippen LogP contribution in [0.4, 0.5) is 0 Å². The van der Waals surface area contributed by atoms with Gasteiger partial charge in [-0.2, -0.15) is 11.8 Å². The van der Waals surface area contributed by atoms with Crippen LogP contribution in [0.25, 0.3) is 0 Å². The first-order chi connectivity index (χ1) is 9.95. The first kappa shape index (κ1) is 16.3. The summed E-state index contributed by atoms with van der Waals surface area (Å²) in [4.78, 5) is 25.5. The van der Waals surface area contributed by atoms with Crippen molar-refractivity contribution < 1.29 is 19.1 Å². The van der Waals surface area contributed by atoms with E-state index in [1.165, 1.54) is 16.7 Å². The standard InChI is InChI=1S/C14H19NO4S2/c1-8(2)13-15(10(7-21-13)14(17)18)12(16)11-5-4-9(19-11)6-20-3/h4-5,8,10,13H,6-7H2,1-3H3,(H,17,18). The fraction of sp³-hybridized carbons (Fsp3) is 0.571. The first-order valence-electron chi connectivity index (χ1n) is 6.70. The zero-order valence-corrected chi connectivity index (χ0v) is 13.9. The third kappa shape index (κ3) is 3.40. The van der Waals surface area contributed by atoms with Gasteiger partial charge in [-0.15, -0.1) is 11.8 Å². The Morgan fingerprint density at radius 3 is 2.81 bits per heavy atom. The van der Waals surface area contributed by atoms with Crippen LogP contribution in [0.15, 0.2) is 16.5 Å². The number of carbonyl (C=O) groups is 2. The van der Waals surface area contributed by atoms with Gasteiger partial charge in [-0.25, -0.2) is 4.79 Å². The number of thioether (sulfide) groups is 2. The third-order valence-electron chi connectivity index (χ3n) is 3.28. The van der Waals surface area contributed by atoms with E-state index >= 15 is 0 Å². The minimum Gasteiger partial charge on any atom is -0.480 e. The maximum atomic E-state index is 12.6. The van der Waals surface area contributed by atoms with Gasteiger partial charge >= 0.3 is 5.97 Å². The number of hydrogen-bond acceptors (Lipinski definition) is 5. The number of aliphatic carboxylic acids is 1. The van der Waals surface area contributed by atoms with Crippen molar-refractivity contribution in [3.05, 3.63) is 23.7 Å². The predicted octanol–water partition coefficient (Wildman–Crippen LogP) is 2.77. The number of rotatable bonds is 5. The first-order valence-corrected chi connectivity index (χ1v) is 9.14. The fourth-order valence-electron chi connectivity index (χ4n) is 2.33. The molecular weight excluding hydrogens is 310 g/mol. The summed E-state index contributed by atoms with van der Waals surface area (Å²) < 4.78 is 5.54. The Hall–Kier alpha value is -1.08. The van der Waals surface area contributed by atoms with Crippen molar-refractivity contribution in [2.24, 2.45) is 5.92 Å². The van der Waals surface area contributed by atoms with Crippen LogP contribution in [0.2, 0.25) is 0 Å². The highest BCUT2D eigenvalue weighted by Gasteiger charge is 2.43. The van der Waals surface area contributed by atoms with Gasteiger partial charge in [-0.3, -0.25) is 4.79 Å². The number of nitrogens with zero attached hydrogens (tertiary/aromatic N) is 1. The maximum Gasteiger partial charge on any atom is 0.327 e. The summed E-state index contributed by atoms with van der Waals surface area (Å²) in [7, 11) is 0. The van der Waals surface area contributed by atoms with Gasteiger partial charge < -0.3 is 14.4 Å². The monoisotopic (exact) mass is 329 g/mol. The van der Waals surface area contributed by atoms with E-state index in [-0.39, 0.29) is 23.0 Å². The Kier molecular flexibility index (Phi) is 5.27. The van der Waals surface area contributed by atoms with E-state index in [0.29, 0.717) is 11.5 Å². The number of carboxylic acid groups (broad SMARTS) is 1. The number of hydrogen-bond donors (Lipinski definition) is 1. The molecule has 21 heavy (non-hydrogen) atoms. The molecule has 0 saturated carbocycles. The second-order valence-electron chi connectivity index (χ2n) is 5.23. The van der Waals surface area contributed by atoms with Gasteiger partial charge in [0, 0.05) is 5.75 Å². The summed E-state index contributed by atoms with van der Waals surface area (Å²) in [6, 6.07) is 2.62. The van der Waals surface area contributed by atoms with E-state index in [4.69, 9.17) is 4.42 Å². The molecule has 1 aliphatic heterocycles. The molecular formula is C14H19NO4S2. The van der Waals surface area contributed by atoms with E-state index in [2.05, 4.69) is 0 Å². The maximum absolute atomic E-state index is 12.6. The molecule has 2 unspecified atom stereocenters. The Balaban J connectivity index is 2.25. The van der Waals surface area contributed by atoms with E-state index in [9.17, 15) is 14.7 Å². The van der Waals surface area contributed by atoms with Crippen molar-refractivity contribution in [1.29, 1.82) is 0 Å². The Morgan fingerprint density at radius 2 is 2.24 bits per heavy atom. The molecule has 1 N–H and O–H groups in total. The molecule has 0 aliphatic carbocycles. The average Bonchev–Trinajstić information content (AvgIpc) is 3.04. The number of amides is 1. The summed E-state index contributed by atoms with van der Waals surface area (Å²) in [5.41, 5.74) is 0. The van der Waals surface area contributed by atoms with Gasteiger partial charge in [-0.1, -0.05) is 13.8 Å². The molecule has 0 bridgehead atoms. The van der Waals surface area contributed by atoms with Crippen molar-refractivity contribution in [3.63, 3.8) is 0 Å². The second-order valence-corrected chi connectivity index (χ2v) is 7.25. The molecule has 2 atom stereocenters. The van der Waals surface area contributed by atoms with Crippen LogP contribution in [0.3, 0.4) is 0 Å². The van der Waals surface area contributed by atoms with Crippen molar-refractivity contribution in [1.82, 2.24) is 4.90 Å². The number of carboxylic acids is 1. The van der Waals surface area contributed by atoms with Crippen molar-refractivity contribution >= 4 is 35.4 Å². The summed E-state index contributed by atoms with van der Waals surface area (Å²) in [6.07, 6.45) is 1.95. The smallest absolute Gasteiger partial charge is 0.327 e. The number of furan rings is 1. The van der Waals surface area contributed by atoms with Crippen LogP contribution in [-0.4, -0.2) is 45.3 Å². The Labute approximate surface area is 132 Å². The van der Waals surface area contributed by atoms with Gasteiger partial charge in [0.1, 0.15) is 11.8 Å². The quantitative estimate of drug-likeness (QED) is 0.896. The third-order valence-corrected chi connectivity index (χ3v) is 5.48. The highest BCUT2D eigenvalue weighted by atomic mass is 32.2. The lowest BCUT2D eigenvalue weighted by atomic mass is 10.1. The molecule has 1 aromatic rings. The molecule has 2 heterocycles. The molecule has 1 aliphatic rings. The minimum absolute atomic E-state index is 0.132. The molecule has 5 nitrogen and oxygen atoms in total. The predicted molar refractivity (Wildman–Crippen MR) is 84.6 cm³/mol. The largest absolute Gasteiger partial charge is 0.480 e. The van der Waals surface area contributed by atoms with Crippen molar-refractivity contribution in [2.75, 3.05) is 12.0 Å². The fourth-order valence-corrected chi connectivity index (χ4v) is 4.24. The van der Waals surface area contributed by atoms with Gasteiger partial charge in [0.25, 0.3) is 5.91 Å². The normalized spacial score (nSPS) is 22.0. The molecule has 2 rings (SSSR count). The van der Waals surface area contributed by atoms with E-state index < -0.39 is 12.0 Å². The van der Waals surface area contributed by atoms with Gasteiger partial charge in [0.2, 0.25) is 0 Å². The summed E-state index contributed by atoms with van der Waals surface area (Å²) in [6.45, 7) is 3.98. The molecule has 1 aromatic heterocycles. The van der Waals surface area contributed by atoms with E-state index in [0.717, 1.165) is 5.76 Å². The molecule has 0 radical (unpaired) electrons. The molecule has 1 amide bonds. The zero-order chi connectivity index (χ0) is 15.6. The molecule has 1 saturated heterocycles. The highest BCUT2D eigenvalue weighted by molar-refractivity contribution is 8.00. The lowest BCUT2D eigenvalue weighted by Crippen LogP contribution is -2.47. The second kappa shape index (κ2) is 6.79. The van der Waals surface area contributed by atoms with Gasteiger partial charge in [-0.05, 0) is 24.3 Å². The minimum atomic E-state index is -0.963. The SMILES string of the molecule is CSCc1ccc(C(=O)N2C(C(=O)O)CSC2C(C)C)o1. The molecule has 0 spiro atoms. The van der Waals surface area contributed by atoms with E-state index in [1.54, 1.807) is 23.9 Å². The topological polar surface area (TPSA) is 70.8 Å². The molecule has 7 heteroatoms. The Bertz CT molecular complexity index is 529. The molecule has 1 fully saturated rings. The summed E-state index contributed by atoms with van der Waals surface area (Å²) >= 11 is 3.12.